The van der Waals surface area contributed by atoms with Gasteiger partial charge in [-0.05, 0) is 6.07 Å². The summed E-state index contributed by atoms with van der Waals surface area (Å²) in [4.78, 5) is 0. The standard InChI is InChI=1S/C15H21N3O/c1-12(2)16-9-14-6-4-5-7-15(14)19-11-13-8-17-18(3)10-13/h4-8,10,12,16H,9,11H2,1-3H3. The zero-order valence-corrected chi connectivity index (χ0v) is 11.8. The van der Waals surface area contributed by atoms with E-state index in [1.807, 2.05) is 37.6 Å². The number of aromatic nitrogens is 2. The molecule has 19 heavy (non-hydrogen) atoms. The van der Waals surface area contributed by atoms with Crippen LogP contribution in [0.1, 0.15) is 25.0 Å². The van der Waals surface area contributed by atoms with Crippen LogP contribution in [0.2, 0.25) is 0 Å². The molecule has 4 heteroatoms. The van der Waals surface area contributed by atoms with Gasteiger partial charge in [0.15, 0.2) is 0 Å². The van der Waals surface area contributed by atoms with Crippen molar-refractivity contribution in [3.63, 3.8) is 0 Å². The van der Waals surface area contributed by atoms with Crippen molar-refractivity contribution >= 4 is 0 Å². The largest absolute Gasteiger partial charge is 0.488 e. The lowest BCUT2D eigenvalue weighted by Gasteiger charge is -2.13. The van der Waals surface area contributed by atoms with Gasteiger partial charge in [0.1, 0.15) is 12.4 Å². The first-order valence-corrected chi connectivity index (χ1v) is 6.57. The average molecular weight is 259 g/mol. The number of hydrogen-bond acceptors (Lipinski definition) is 3. The van der Waals surface area contributed by atoms with Gasteiger partial charge in [-0.1, -0.05) is 32.0 Å². The molecule has 1 aromatic carbocycles. The molecule has 0 saturated carbocycles. The molecule has 0 spiro atoms. The second-order valence-corrected chi connectivity index (χ2v) is 4.95. The highest BCUT2D eigenvalue weighted by atomic mass is 16.5. The summed E-state index contributed by atoms with van der Waals surface area (Å²) in [5.41, 5.74) is 2.26. The normalized spacial score (nSPS) is 10.9. The predicted molar refractivity (Wildman–Crippen MR) is 76.0 cm³/mol. The molecule has 0 aliphatic rings. The number of aryl methyl sites for hydroxylation is 1. The highest BCUT2D eigenvalue weighted by Gasteiger charge is 2.04. The van der Waals surface area contributed by atoms with E-state index in [-0.39, 0.29) is 0 Å². The van der Waals surface area contributed by atoms with Gasteiger partial charge in [0.25, 0.3) is 0 Å². The van der Waals surface area contributed by atoms with Gasteiger partial charge in [0.05, 0.1) is 6.20 Å². The number of benzene rings is 1. The van der Waals surface area contributed by atoms with Gasteiger partial charge < -0.3 is 10.1 Å². The van der Waals surface area contributed by atoms with Crippen LogP contribution in [0.3, 0.4) is 0 Å². The van der Waals surface area contributed by atoms with Crippen LogP contribution in [0, 0.1) is 0 Å². The van der Waals surface area contributed by atoms with E-state index in [1.54, 1.807) is 4.68 Å². The summed E-state index contributed by atoms with van der Waals surface area (Å²) in [6, 6.07) is 8.60. The van der Waals surface area contributed by atoms with Crippen molar-refractivity contribution in [1.82, 2.24) is 15.1 Å². The third-order valence-corrected chi connectivity index (χ3v) is 2.83. The zero-order valence-electron chi connectivity index (χ0n) is 11.8. The summed E-state index contributed by atoms with van der Waals surface area (Å²) in [5, 5.41) is 7.54. The molecule has 1 heterocycles. The third-order valence-electron chi connectivity index (χ3n) is 2.83. The molecular formula is C15H21N3O. The minimum Gasteiger partial charge on any atom is -0.488 e. The third kappa shape index (κ3) is 4.10. The van der Waals surface area contributed by atoms with Crippen molar-refractivity contribution in [2.24, 2.45) is 7.05 Å². The molecule has 0 bridgehead atoms. The lowest BCUT2D eigenvalue weighted by molar-refractivity contribution is 0.301. The predicted octanol–water partition coefficient (Wildman–Crippen LogP) is 2.50. The van der Waals surface area contributed by atoms with Crippen molar-refractivity contribution in [3.05, 3.63) is 47.8 Å². The zero-order chi connectivity index (χ0) is 13.7. The lowest BCUT2D eigenvalue weighted by atomic mass is 10.2. The number of ether oxygens (including phenoxy) is 1. The second-order valence-electron chi connectivity index (χ2n) is 4.95. The van der Waals surface area contributed by atoms with Crippen molar-refractivity contribution < 1.29 is 4.74 Å². The van der Waals surface area contributed by atoms with Crippen molar-refractivity contribution in [2.75, 3.05) is 0 Å². The minimum absolute atomic E-state index is 0.464. The van der Waals surface area contributed by atoms with E-state index in [0.29, 0.717) is 12.6 Å². The summed E-state index contributed by atoms with van der Waals surface area (Å²) in [6.07, 6.45) is 3.80. The molecule has 0 amide bonds. The summed E-state index contributed by atoms with van der Waals surface area (Å²) < 4.78 is 7.66. The average Bonchev–Trinajstić information content (AvgIpc) is 2.80. The van der Waals surface area contributed by atoms with Crippen LogP contribution in [0.15, 0.2) is 36.7 Å². The van der Waals surface area contributed by atoms with Gasteiger partial charge >= 0.3 is 0 Å². The van der Waals surface area contributed by atoms with E-state index >= 15 is 0 Å². The van der Waals surface area contributed by atoms with Gasteiger partial charge in [-0.15, -0.1) is 0 Å². The molecular weight excluding hydrogens is 238 g/mol. The summed E-state index contributed by atoms with van der Waals surface area (Å²) in [5.74, 6) is 0.930. The Labute approximate surface area is 114 Å². The molecule has 0 unspecified atom stereocenters. The Morgan fingerprint density at radius 2 is 2.11 bits per heavy atom. The van der Waals surface area contributed by atoms with Crippen LogP contribution in [0.25, 0.3) is 0 Å². The molecule has 102 valence electrons. The van der Waals surface area contributed by atoms with Gasteiger partial charge in [-0.2, -0.15) is 5.10 Å². The van der Waals surface area contributed by atoms with E-state index < -0.39 is 0 Å². The fourth-order valence-electron chi connectivity index (χ4n) is 1.81. The molecule has 0 radical (unpaired) electrons. The van der Waals surface area contributed by atoms with Gasteiger partial charge in [-0.25, -0.2) is 0 Å². The number of hydrogen-bond donors (Lipinski definition) is 1. The number of rotatable bonds is 6. The monoisotopic (exact) mass is 259 g/mol. The first kappa shape index (κ1) is 13.6. The highest BCUT2D eigenvalue weighted by molar-refractivity contribution is 5.33. The highest BCUT2D eigenvalue weighted by Crippen LogP contribution is 2.19. The van der Waals surface area contributed by atoms with E-state index in [9.17, 15) is 0 Å². The topological polar surface area (TPSA) is 39.1 Å². The van der Waals surface area contributed by atoms with E-state index in [2.05, 4.69) is 30.3 Å². The maximum atomic E-state index is 5.88. The van der Waals surface area contributed by atoms with E-state index in [0.717, 1.165) is 17.9 Å². The number of nitrogens with zero attached hydrogens (tertiary/aromatic N) is 2. The Kier molecular flexibility index (Phi) is 4.58. The first-order valence-electron chi connectivity index (χ1n) is 6.57. The molecule has 0 aliphatic carbocycles. The lowest BCUT2D eigenvalue weighted by Crippen LogP contribution is -2.22. The van der Waals surface area contributed by atoms with Crippen LogP contribution in [-0.2, 0) is 20.2 Å². The molecule has 1 N–H and O–H groups in total. The minimum atomic E-state index is 0.464. The summed E-state index contributed by atoms with van der Waals surface area (Å²) >= 11 is 0. The van der Waals surface area contributed by atoms with Crippen molar-refractivity contribution in [2.45, 2.75) is 33.0 Å². The smallest absolute Gasteiger partial charge is 0.124 e. The second kappa shape index (κ2) is 6.38. The quantitative estimate of drug-likeness (QED) is 0.866. The van der Waals surface area contributed by atoms with Crippen LogP contribution in [0.4, 0.5) is 0 Å². The van der Waals surface area contributed by atoms with Crippen LogP contribution >= 0.6 is 0 Å². The van der Waals surface area contributed by atoms with Gasteiger partial charge in [-0.3, -0.25) is 4.68 Å². The molecule has 0 fully saturated rings. The number of para-hydroxylation sites is 1. The number of nitrogens with one attached hydrogen (secondary N) is 1. The van der Waals surface area contributed by atoms with Crippen molar-refractivity contribution in [1.29, 1.82) is 0 Å². The Bertz CT molecular complexity index is 520. The maximum absolute atomic E-state index is 5.88. The molecule has 4 nitrogen and oxygen atoms in total. The summed E-state index contributed by atoms with van der Waals surface area (Å²) in [7, 11) is 1.91. The van der Waals surface area contributed by atoms with E-state index in [4.69, 9.17) is 4.74 Å². The van der Waals surface area contributed by atoms with Crippen LogP contribution in [0.5, 0.6) is 5.75 Å². The van der Waals surface area contributed by atoms with Crippen LogP contribution in [-0.4, -0.2) is 15.8 Å². The van der Waals surface area contributed by atoms with Gasteiger partial charge in [0, 0.05) is 37.0 Å². The SMILES string of the molecule is CC(C)NCc1ccccc1OCc1cnn(C)c1. The molecule has 0 saturated heterocycles. The van der Waals surface area contributed by atoms with E-state index in [1.165, 1.54) is 5.56 Å². The maximum Gasteiger partial charge on any atom is 0.124 e. The molecule has 0 aliphatic heterocycles. The Hall–Kier alpha value is -1.81. The van der Waals surface area contributed by atoms with Crippen LogP contribution < -0.4 is 10.1 Å². The molecule has 0 atom stereocenters. The Morgan fingerprint density at radius 3 is 2.79 bits per heavy atom. The van der Waals surface area contributed by atoms with Gasteiger partial charge in [0.2, 0.25) is 0 Å². The Morgan fingerprint density at radius 1 is 1.32 bits per heavy atom. The molecule has 2 aromatic rings. The summed E-state index contributed by atoms with van der Waals surface area (Å²) in [6.45, 7) is 5.64. The molecule has 2 rings (SSSR count). The molecule has 1 aromatic heterocycles. The first-order chi connectivity index (χ1) is 9.15. The van der Waals surface area contributed by atoms with Crippen molar-refractivity contribution in [3.8, 4) is 5.75 Å². The fraction of sp³-hybridized carbons (Fsp3) is 0.400. The fourth-order valence-corrected chi connectivity index (χ4v) is 1.81. The Balaban J connectivity index is 1.99.